The predicted molar refractivity (Wildman–Crippen MR) is 119 cm³/mol. The van der Waals surface area contributed by atoms with Crippen LogP contribution in [-0.4, -0.2) is 34.4 Å². The molecule has 0 amide bonds. The second-order valence-corrected chi connectivity index (χ2v) is 12.1. The first-order valence-electron chi connectivity index (χ1n) is 8.93. The fraction of sp³-hybridized carbons (Fsp3) is 0.286. The Morgan fingerprint density at radius 1 is 1.11 bits per heavy atom. The molecule has 7 heteroatoms. The zero-order valence-electron chi connectivity index (χ0n) is 15.9. The fourth-order valence-corrected chi connectivity index (χ4v) is 7.85. The van der Waals surface area contributed by atoms with Crippen LogP contribution >= 0.6 is 19.8 Å². The van der Waals surface area contributed by atoms with Crippen molar-refractivity contribution in [3.05, 3.63) is 61.2 Å². The number of alkyl halides is 1. The van der Waals surface area contributed by atoms with Gasteiger partial charge in [-0.2, -0.15) is 0 Å². The van der Waals surface area contributed by atoms with E-state index in [0.29, 0.717) is 22.5 Å². The number of esters is 1. The van der Waals surface area contributed by atoms with Crippen molar-refractivity contribution in [2.45, 2.75) is 18.7 Å². The molecule has 1 atom stereocenters. The van der Waals surface area contributed by atoms with Gasteiger partial charge in [0.1, 0.15) is 0 Å². The Labute approximate surface area is 175 Å². The zero-order valence-corrected chi connectivity index (χ0v) is 18.8. The fourth-order valence-electron chi connectivity index (χ4n) is 2.59. The molecule has 0 aliphatic carbocycles. The number of aryl methyl sites for hydroxylation is 1. The monoisotopic (exact) mass is 514 g/mol. The Balaban J connectivity index is 1.47. The van der Waals surface area contributed by atoms with Gasteiger partial charge in [-0.1, -0.05) is 5.56 Å². The van der Waals surface area contributed by atoms with Crippen molar-refractivity contribution in [2.75, 3.05) is 24.2 Å². The molecule has 0 saturated carbocycles. The van der Waals surface area contributed by atoms with Gasteiger partial charge in [0.15, 0.2) is 0 Å². The van der Waals surface area contributed by atoms with E-state index in [0.717, 1.165) is 16.9 Å². The molecule has 3 rings (SSSR count). The zero-order chi connectivity index (χ0) is 19.9. The Bertz CT molecular complexity index is 879. The van der Waals surface area contributed by atoms with Crippen molar-refractivity contribution >= 4 is 42.9 Å². The van der Waals surface area contributed by atoms with E-state index in [9.17, 15) is 9.00 Å². The topological polar surface area (TPSA) is 61.8 Å². The second-order valence-electron chi connectivity index (χ2n) is 6.03. The van der Waals surface area contributed by atoms with Crippen LogP contribution in [0.15, 0.2) is 51.4 Å². The molecule has 0 saturated heterocycles. The number of benzene rings is 2. The molecule has 0 bridgehead atoms. The van der Waals surface area contributed by atoms with Crippen LogP contribution in [0.3, 0.4) is 0 Å². The molecule has 0 radical (unpaired) electrons. The minimum absolute atomic E-state index is 0.121. The van der Waals surface area contributed by atoms with Crippen LogP contribution in [0.2, 0.25) is 0 Å². The molecule has 28 heavy (non-hydrogen) atoms. The molecule has 0 fully saturated rings. The van der Waals surface area contributed by atoms with Crippen LogP contribution in [0.25, 0.3) is 6.08 Å². The van der Waals surface area contributed by atoms with E-state index in [1.54, 1.807) is 12.1 Å². The van der Waals surface area contributed by atoms with Crippen LogP contribution in [0.1, 0.15) is 18.1 Å². The van der Waals surface area contributed by atoms with E-state index in [1.807, 2.05) is 44.2 Å². The Hall–Kier alpha value is -1.71. The SMILES string of the molecule is CCOC(=O)CI1C=Cc2cc(OCCOS(=O)c3ccc(C)cc3)ccc21. The molecule has 2 aromatic rings. The first-order valence-corrected chi connectivity index (χ1v) is 13.9. The normalized spacial score (nSPS) is 14.6. The predicted octanol–water partition coefficient (Wildman–Crippen LogP) is 4.34. The number of halogens is 1. The number of carbonyl (C=O) groups excluding carboxylic acids is 1. The number of hydrogen-bond donors (Lipinski definition) is 0. The van der Waals surface area contributed by atoms with Gasteiger partial charge in [-0.25, -0.2) is 0 Å². The summed E-state index contributed by atoms with van der Waals surface area (Å²) in [5.41, 5.74) is 2.22. The van der Waals surface area contributed by atoms with Crippen LogP contribution in [0.4, 0.5) is 0 Å². The third-order valence-electron chi connectivity index (χ3n) is 3.94. The van der Waals surface area contributed by atoms with Crippen molar-refractivity contribution in [1.82, 2.24) is 0 Å². The van der Waals surface area contributed by atoms with Crippen molar-refractivity contribution in [3.8, 4) is 5.75 Å². The van der Waals surface area contributed by atoms with E-state index in [-0.39, 0.29) is 12.6 Å². The van der Waals surface area contributed by atoms with Gasteiger partial charge in [-0.05, 0) is 6.92 Å². The van der Waals surface area contributed by atoms with Crippen molar-refractivity contribution in [3.63, 3.8) is 0 Å². The Morgan fingerprint density at radius 3 is 2.64 bits per heavy atom. The number of hydrogen-bond acceptors (Lipinski definition) is 5. The summed E-state index contributed by atoms with van der Waals surface area (Å²) in [6.07, 6.45) is 2.06. The van der Waals surface area contributed by atoms with Gasteiger partial charge < -0.3 is 0 Å². The molecule has 1 aliphatic rings. The minimum atomic E-state index is -1.64. The molecule has 1 unspecified atom stereocenters. The van der Waals surface area contributed by atoms with E-state index in [2.05, 4.69) is 10.2 Å². The maximum atomic E-state index is 12.1. The van der Waals surface area contributed by atoms with Gasteiger partial charge in [0.25, 0.3) is 0 Å². The number of carbonyl (C=O) groups is 1. The van der Waals surface area contributed by atoms with E-state index < -0.39 is 30.9 Å². The quantitative estimate of drug-likeness (QED) is 0.216. The van der Waals surface area contributed by atoms with E-state index in [1.165, 1.54) is 3.57 Å². The van der Waals surface area contributed by atoms with Crippen molar-refractivity contribution in [1.29, 1.82) is 0 Å². The van der Waals surface area contributed by atoms with Gasteiger partial charge in [-0.15, -0.1) is 0 Å². The van der Waals surface area contributed by atoms with Gasteiger partial charge >= 0.3 is 163 Å². The molecular formula is C21H23IO5S. The third kappa shape index (κ3) is 5.65. The van der Waals surface area contributed by atoms with Gasteiger partial charge in [0, 0.05) is 0 Å². The van der Waals surface area contributed by atoms with Gasteiger partial charge in [0.05, 0.1) is 0 Å². The van der Waals surface area contributed by atoms with Crippen LogP contribution < -0.4 is 4.74 Å². The maximum absolute atomic E-state index is 12.1. The Kier molecular flexibility index (Phi) is 7.64. The van der Waals surface area contributed by atoms with Gasteiger partial charge in [-0.3, -0.25) is 0 Å². The first-order chi connectivity index (χ1) is 13.6. The molecule has 1 aliphatic heterocycles. The summed E-state index contributed by atoms with van der Waals surface area (Å²) in [5, 5.41) is 0. The van der Waals surface area contributed by atoms with Crippen LogP contribution in [0.5, 0.6) is 5.75 Å². The van der Waals surface area contributed by atoms with Crippen molar-refractivity contribution < 1.29 is 22.7 Å². The van der Waals surface area contributed by atoms with Crippen molar-refractivity contribution in [2.24, 2.45) is 0 Å². The van der Waals surface area contributed by atoms with E-state index in [4.69, 9.17) is 13.7 Å². The molecule has 0 spiro atoms. The number of rotatable bonds is 9. The van der Waals surface area contributed by atoms with Crippen LogP contribution in [0, 0.1) is 10.5 Å². The van der Waals surface area contributed by atoms with E-state index >= 15 is 0 Å². The molecule has 150 valence electrons. The van der Waals surface area contributed by atoms with Gasteiger partial charge in [0.2, 0.25) is 0 Å². The summed E-state index contributed by atoms with van der Waals surface area (Å²) in [6, 6.07) is 13.4. The Morgan fingerprint density at radius 2 is 1.89 bits per heavy atom. The number of fused-ring (bicyclic) bond motifs is 1. The molecular weight excluding hydrogens is 491 g/mol. The summed E-state index contributed by atoms with van der Waals surface area (Å²) in [5.74, 6) is 0.617. The standard InChI is InChI=1S/C21H23IO5S/c1-3-25-21(23)15-22-11-10-17-14-18(6-9-20(17)22)26-12-13-27-28(24)19-7-4-16(2)5-8-19/h4-11,14H,3,12-13,15H2,1-2H3. The molecule has 2 aromatic carbocycles. The molecule has 5 nitrogen and oxygen atoms in total. The summed E-state index contributed by atoms with van der Waals surface area (Å²) in [7, 11) is 0. The average Bonchev–Trinajstić information content (AvgIpc) is 3.08. The average molecular weight is 514 g/mol. The summed E-state index contributed by atoms with van der Waals surface area (Å²) in [6.45, 7) is 4.77. The molecule has 0 aromatic heterocycles. The second kappa shape index (κ2) is 10.2. The number of ether oxygens (including phenoxy) is 2. The summed E-state index contributed by atoms with van der Waals surface area (Å²) < 4.78 is 32.2. The molecule has 0 N–H and O–H groups in total. The van der Waals surface area contributed by atoms with Crippen LogP contribution in [-0.2, 0) is 24.8 Å². The first kappa shape index (κ1) is 21.0. The summed E-state index contributed by atoms with van der Waals surface area (Å²) in [4.78, 5) is 12.4. The summed E-state index contributed by atoms with van der Waals surface area (Å²) >= 11 is -3.13. The third-order valence-corrected chi connectivity index (χ3v) is 10.1. The molecule has 1 heterocycles.